The molecule has 2 heterocycles. The third kappa shape index (κ3) is 6.13. The highest BCUT2D eigenvalue weighted by atomic mass is 35.5. The molecule has 0 aliphatic carbocycles. The molecule has 1 fully saturated rings. The summed E-state index contributed by atoms with van der Waals surface area (Å²) in [5.74, 6) is -2.06. The van der Waals surface area contributed by atoms with E-state index in [0.717, 1.165) is 0 Å². The van der Waals surface area contributed by atoms with Crippen LogP contribution >= 0.6 is 46.8 Å². The first kappa shape index (κ1) is 27.5. The predicted octanol–water partition coefficient (Wildman–Crippen LogP) is 4.91. The van der Waals surface area contributed by atoms with Gasteiger partial charge in [-0.15, -0.1) is 11.3 Å². The Morgan fingerprint density at radius 3 is 2.37 bits per heavy atom. The molecule has 2 N–H and O–H groups in total. The molecule has 3 aromatic rings. The molecule has 1 atom stereocenters. The number of esters is 1. The van der Waals surface area contributed by atoms with Gasteiger partial charge >= 0.3 is 5.97 Å². The summed E-state index contributed by atoms with van der Waals surface area (Å²) in [5, 5.41) is 6.22. The summed E-state index contributed by atoms with van der Waals surface area (Å²) in [4.78, 5) is 52.9. The quantitative estimate of drug-likeness (QED) is 0.283. The van der Waals surface area contributed by atoms with Crippen molar-refractivity contribution in [1.82, 2.24) is 10.4 Å². The van der Waals surface area contributed by atoms with Gasteiger partial charge in [-0.3, -0.25) is 24.7 Å². The number of amides is 3. The summed E-state index contributed by atoms with van der Waals surface area (Å²) in [6.07, 6.45) is -0.342. The number of hydrazine groups is 1. The molecule has 38 heavy (non-hydrogen) atoms. The average molecular weight is 591 g/mol. The zero-order chi connectivity index (χ0) is 27.4. The summed E-state index contributed by atoms with van der Waals surface area (Å²) in [6.45, 7) is 1.92. The monoisotopic (exact) mass is 590 g/mol. The van der Waals surface area contributed by atoms with E-state index in [2.05, 4.69) is 10.7 Å². The maximum Gasteiger partial charge on any atom is 0.338 e. The molecule has 196 valence electrons. The minimum absolute atomic E-state index is 0.0348. The summed E-state index contributed by atoms with van der Waals surface area (Å²) in [5.41, 5.74) is 3.65. The van der Waals surface area contributed by atoms with Crippen molar-refractivity contribution < 1.29 is 23.9 Å². The number of thiophene rings is 1. The molecule has 1 aromatic heterocycles. The molecule has 2 aromatic carbocycles. The Morgan fingerprint density at radius 1 is 1.08 bits per heavy atom. The Hall–Kier alpha value is -3.51. The van der Waals surface area contributed by atoms with Gasteiger partial charge in [0.2, 0.25) is 11.0 Å². The van der Waals surface area contributed by atoms with Crippen molar-refractivity contribution >= 4 is 86.9 Å². The van der Waals surface area contributed by atoms with Crippen molar-refractivity contribution in [2.45, 2.75) is 19.4 Å². The molecule has 4 rings (SSSR count). The number of hydrogen-bond donors (Lipinski definition) is 2. The lowest BCUT2D eigenvalue weighted by molar-refractivity contribution is -0.124. The van der Waals surface area contributed by atoms with Gasteiger partial charge in [0, 0.05) is 15.7 Å². The van der Waals surface area contributed by atoms with E-state index in [-0.39, 0.29) is 18.1 Å². The minimum Gasteiger partial charge on any atom is -0.462 e. The zero-order valence-electron chi connectivity index (χ0n) is 19.8. The maximum absolute atomic E-state index is 13.5. The van der Waals surface area contributed by atoms with Gasteiger partial charge in [-0.2, -0.15) is 0 Å². The Morgan fingerprint density at radius 2 is 1.76 bits per heavy atom. The van der Waals surface area contributed by atoms with Crippen LogP contribution in [-0.2, 0) is 14.3 Å². The molecule has 0 saturated carbocycles. The summed E-state index contributed by atoms with van der Waals surface area (Å²) in [6, 6.07) is 12.8. The molecule has 13 heteroatoms. The van der Waals surface area contributed by atoms with Gasteiger partial charge in [-0.05, 0) is 73.1 Å². The van der Waals surface area contributed by atoms with E-state index in [4.69, 9.17) is 40.2 Å². The fraction of sp³-hybridized carbons (Fsp3) is 0.160. The largest absolute Gasteiger partial charge is 0.462 e. The van der Waals surface area contributed by atoms with Gasteiger partial charge in [0.1, 0.15) is 6.04 Å². The third-order valence-corrected chi connectivity index (χ3v) is 7.03. The summed E-state index contributed by atoms with van der Waals surface area (Å²) >= 11 is 18.8. The Labute approximate surface area is 237 Å². The van der Waals surface area contributed by atoms with Crippen LogP contribution < -0.4 is 15.6 Å². The molecule has 9 nitrogen and oxygen atoms in total. The Bertz CT molecular complexity index is 1380. The third-order valence-electron chi connectivity index (χ3n) is 5.34. The van der Waals surface area contributed by atoms with Gasteiger partial charge in [0.15, 0.2) is 0 Å². The zero-order valence-corrected chi connectivity index (χ0v) is 22.9. The maximum atomic E-state index is 13.5. The first-order chi connectivity index (χ1) is 18.2. The van der Waals surface area contributed by atoms with Crippen LogP contribution in [0.5, 0.6) is 0 Å². The van der Waals surface area contributed by atoms with Crippen LogP contribution in [0.3, 0.4) is 0 Å². The molecule has 0 radical (unpaired) electrons. The van der Waals surface area contributed by atoms with Crippen LogP contribution in [0.25, 0.3) is 0 Å². The van der Waals surface area contributed by atoms with Crippen LogP contribution in [0.4, 0.5) is 11.4 Å². The number of ether oxygens (including phenoxy) is 1. The van der Waals surface area contributed by atoms with E-state index in [9.17, 15) is 19.2 Å². The molecule has 1 aliphatic rings. The first-order valence-corrected chi connectivity index (χ1v) is 13.3. The Kier molecular flexibility index (Phi) is 8.62. The van der Waals surface area contributed by atoms with E-state index in [0.29, 0.717) is 31.9 Å². The number of carbonyl (C=O) groups is 4. The fourth-order valence-corrected chi connectivity index (χ4v) is 5.19. The lowest BCUT2D eigenvalue weighted by Crippen LogP contribution is -2.49. The topological polar surface area (TPSA) is 108 Å². The summed E-state index contributed by atoms with van der Waals surface area (Å²) in [7, 11) is 0. The number of carbonyl (C=O) groups excluding carboxylic acids is 4. The van der Waals surface area contributed by atoms with Crippen LogP contribution in [-0.4, -0.2) is 46.5 Å². The van der Waals surface area contributed by atoms with E-state index >= 15 is 0 Å². The molecule has 3 amide bonds. The van der Waals surface area contributed by atoms with Gasteiger partial charge in [-0.1, -0.05) is 29.3 Å². The minimum atomic E-state index is -1.15. The van der Waals surface area contributed by atoms with Crippen molar-refractivity contribution in [3.63, 3.8) is 0 Å². The van der Waals surface area contributed by atoms with E-state index in [1.54, 1.807) is 24.4 Å². The lowest BCUT2D eigenvalue weighted by Gasteiger charge is -2.24. The van der Waals surface area contributed by atoms with Crippen molar-refractivity contribution in [2.75, 3.05) is 16.8 Å². The second-order valence-corrected chi connectivity index (χ2v) is 10.1. The second-order valence-electron chi connectivity index (χ2n) is 7.94. The van der Waals surface area contributed by atoms with Gasteiger partial charge < -0.3 is 10.1 Å². The van der Waals surface area contributed by atoms with Crippen molar-refractivity contribution in [1.29, 1.82) is 0 Å². The number of nitrogens with one attached hydrogen (secondary N) is 2. The van der Waals surface area contributed by atoms with Crippen molar-refractivity contribution in [2.24, 2.45) is 0 Å². The van der Waals surface area contributed by atoms with Crippen molar-refractivity contribution in [3.8, 4) is 0 Å². The van der Waals surface area contributed by atoms with E-state index < -0.39 is 29.7 Å². The van der Waals surface area contributed by atoms with Crippen LogP contribution in [0, 0.1) is 0 Å². The Balaban J connectivity index is 1.59. The molecule has 1 aliphatic heterocycles. The molecule has 1 saturated heterocycles. The van der Waals surface area contributed by atoms with Gasteiger partial charge in [0.05, 0.1) is 29.2 Å². The molecular weight excluding hydrogens is 571 g/mol. The molecular formula is C25H20Cl2N4O5S2. The highest BCUT2D eigenvalue weighted by molar-refractivity contribution is 7.80. The van der Waals surface area contributed by atoms with Crippen molar-refractivity contribution in [3.05, 3.63) is 80.5 Å². The van der Waals surface area contributed by atoms with Gasteiger partial charge in [-0.25, -0.2) is 9.80 Å². The number of anilines is 2. The number of hydrogen-bond acceptors (Lipinski definition) is 7. The van der Waals surface area contributed by atoms with E-state index in [1.807, 2.05) is 0 Å². The number of nitrogens with zero attached hydrogens (tertiary/aromatic N) is 2. The highest BCUT2D eigenvalue weighted by Gasteiger charge is 2.45. The highest BCUT2D eigenvalue weighted by Crippen LogP contribution is 2.28. The lowest BCUT2D eigenvalue weighted by atomic mass is 10.1. The standard InChI is InChI=1S/C25H20Cl2N4O5S2/c1-2-36-24(35)14-5-7-18(8-6-14)30-23(34)19(13-21(32)28-17-11-15(26)10-16(27)12-17)31(25(30)37)29-22(33)20-4-3-9-38-20/h3-12,19H,2,13H2,1H3,(H,28,32)(H,29,33). The molecule has 0 bridgehead atoms. The number of thiocarbonyl (C=S) groups is 1. The first-order valence-electron chi connectivity index (χ1n) is 11.2. The predicted molar refractivity (Wildman–Crippen MR) is 150 cm³/mol. The number of benzene rings is 2. The smallest absolute Gasteiger partial charge is 0.338 e. The van der Waals surface area contributed by atoms with Crippen LogP contribution in [0.2, 0.25) is 10.0 Å². The molecule has 1 unspecified atom stereocenters. The van der Waals surface area contributed by atoms with Crippen LogP contribution in [0.1, 0.15) is 33.4 Å². The number of rotatable bonds is 8. The van der Waals surface area contributed by atoms with Gasteiger partial charge in [0.25, 0.3) is 11.8 Å². The average Bonchev–Trinajstić information content (AvgIpc) is 3.47. The SMILES string of the molecule is CCOC(=O)c1ccc(N2C(=O)C(CC(=O)Nc3cc(Cl)cc(Cl)c3)N(NC(=O)c3cccs3)C2=S)cc1. The fourth-order valence-electron chi connectivity index (χ4n) is 3.68. The number of halogens is 2. The van der Waals surface area contributed by atoms with Crippen LogP contribution in [0.15, 0.2) is 60.0 Å². The molecule has 0 spiro atoms. The van der Waals surface area contributed by atoms with E-state index in [1.165, 1.54) is 63.7 Å². The normalized spacial score (nSPS) is 15.0. The summed E-state index contributed by atoms with van der Waals surface area (Å²) < 4.78 is 5.00. The second kappa shape index (κ2) is 11.9.